The van der Waals surface area contributed by atoms with Gasteiger partial charge in [-0.15, -0.1) is 0 Å². The molecule has 444 valence electrons. The zero-order valence-corrected chi connectivity index (χ0v) is 50.9. The molecule has 0 aliphatic carbocycles. The smallest absolute Gasteiger partial charge is 0.306 e. The number of carbonyl (C=O) groups excluding carboxylic acids is 3. The maximum atomic E-state index is 12.9. The molecule has 0 aromatic heterocycles. The van der Waals surface area contributed by atoms with Gasteiger partial charge in [-0.25, -0.2) is 0 Å². The minimum atomic E-state index is -0.799. The SMILES string of the molecule is CC/C=C\C/C=C\C/C=C\C/C=C\C/C=C\C/C=C\C/C=C\CCCCCCCC(=O)OCC(COC(=O)CCCCCCC/C=C\CCCCCCCCC)OC(=O)CCCCCCCCC/C=C\C/C=C\CCCCC. The largest absolute Gasteiger partial charge is 0.462 e. The van der Waals surface area contributed by atoms with Crippen molar-refractivity contribution < 1.29 is 28.6 Å². The van der Waals surface area contributed by atoms with Crippen LogP contribution in [-0.4, -0.2) is 37.2 Å². The van der Waals surface area contributed by atoms with Crippen LogP contribution in [0.25, 0.3) is 0 Å². The summed E-state index contributed by atoms with van der Waals surface area (Å²) < 4.78 is 16.9. The molecule has 0 heterocycles. The molecular formula is C72H120O6. The van der Waals surface area contributed by atoms with Crippen LogP contribution in [0, 0.1) is 0 Å². The van der Waals surface area contributed by atoms with Crippen molar-refractivity contribution in [1.82, 2.24) is 0 Å². The van der Waals surface area contributed by atoms with Crippen LogP contribution >= 0.6 is 0 Å². The molecule has 0 radical (unpaired) electrons. The van der Waals surface area contributed by atoms with E-state index in [0.29, 0.717) is 19.3 Å². The average molecular weight is 1080 g/mol. The Morgan fingerprint density at radius 3 is 0.821 bits per heavy atom. The molecule has 0 amide bonds. The van der Waals surface area contributed by atoms with Crippen molar-refractivity contribution in [3.63, 3.8) is 0 Å². The monoisotopic (exact) mass is 1080 g/mol. The number of unbranched alkanes of at least 4 members (excludes halogenated alkanes) is 27. The lowest BCUT2D eigenvalue weighted by Crippen LogP contribution is -2.30. The second-order valence-electron chi connectivity index (χ2n) is 21.3. The zero-order valence-electron chi connectivity index (χ0n) is 50.9. The van der Waals surface area contributed by atoms with Gasteiger partial charge in [-0.1, -0.05) is 264 Å². The number of carbonyl (C=O) groups is 3. The predicted molar refractivity (Wildman–Crippen MR) is 339 cm³/mol. The fraction of sp³-hybridized carbons (Fsp3) is 0.681. The minimum Gasteiger partial charge on any atom is -0.462 e. The summed E-state index contributed by atoms with van der Waals surface area (Å²) in [5.74, 6) is -0.923. The first-order chi connectivity index (χ1) is 38.5. The summed E-state index contributed by atoms with van der Waals surface area (Å²) in [6.07, 6.45) is 90.5. The van der Waals surface area contributed by atoms with Crippen LogP contribution < -0.4 is 0 Å². The second-order valence-corrected chi connectivity index (χ2v) is 21.3. The van der Waals surface area contributed by atoms with Gasteiger partial charge >= 0.3 is 17.9 Å². The molecular weight excluding hydrogens is 961 g/mol. The van der Waals surface area contributed by atoms with E-state index >= 15 is 0 Å². The highest BCUT2D eigenvalue weighted by Gasteiger charge is 2.19. The first-order valence-corrected chi connectivity index (χ1v) is 32.5. The first kappa shape index (κ1) is 73.8. The highest BCUT2D eigenvalue weighted by Crippen LogP contribution is 2.15. The topological polar surface area (TPSA) is 78.9 Å². The molecule has 0 saturated heterocycles. The average Bonchev–Trinajstić information content (AvgIpc) is 3.44. The molecule has 0 saturated carbocycles. The highest BCUT2D eigenvalue weighted by atomic mass is 16.6. The normalized spacial score (nSPS) is 12.9. The maximum Gasteiger partial charge on any atom is 0.306 e. The van der Waals surface area contributed by atoms with Gasteiger partial charge in [0, 0.05) is 19.3 Å². The lowest BCUT2D eigenvalue weighted by molar-refractivity contribution is -0.167. The summed E-state index contributed by atoms with van der Waals surface area (Å²) in [6.45, 7) is 6.48. The summed E-state index contributed by atoms with van der Waals surface area (Å²) in [5.41, 5.74) is 0. The van der Waals surface area contributed by atoms with Crippen LogP contribution in [-0.2, 0) is 28.6 Å². The quantitative estimate of drug-likeness (QED) is 0.0261. The molecule has 0 spiro atoms. The van der Waals surface area contributed by atoms with E-state index in [1.165, 1.54) is 116 Å². The van der Waals surface area contributed by atoms with Crippen molar-refractivity contribution in [3.05, 3.63) is 122 Å². The van der Waals surface area contributed by atoms with Gasteiger partial charge in [0.2, 0.25) is 0 Å². The van der Waals surface area contributed by atoms with Gasteiger partial charge in [-0.3, -0.25) is 14.4 Å². The summed E-state index contributed by atoms with van der Waals surface area (Å²) >= 11 is 0. The van der Waals surface area contributed by atoms with E-state index in [9.17, 15) is 14.4 Å². The fourth-order valence-electron chi connectivity index (χ4n) is 8.80. The Morgan fingerprint density at radius 1 is 0.269 bits per heavy atom. The van der Waals surface area contributed by atoms with Crippen molar-refractivity contribution in [1.29, 1.82) is 0 Å². The Kier molecular flexibility index (Phi) is 61.8. The van der Waals surface area contributed by atoms with Crippen molar-refractivity contribution >= 4 is 17.9 Å². The Morgan fingerprint density at radius 2 is 0.500 bits per heavy atom. The van der Waals surface area contributed by atoms with E-state index in [0.717, 1.165) is 141 Å². The van der Waals surface area contributed by atoms with Gasteiger partial charge < -0.3 is 14.2 Å². The molecule has 0 fully saturated rings. The predicted octanol–water partition coefficient (Wildman–Crippen LogP) is 22.4. The fourth-order valence-corrected chi connectivity index (χ4v) is 8.80. The van der Waals surface area contributed by atoms with E-state index in [1.54, 1.807) is 0 Å². The third-order valence-electron chi connectivity index (χ3n) is 13.7. The van der Waals surface area contributed by atoms with E-state index in [-0.39, 0.29) is 31.1 Å². The van der Waals surface area contributed by atoms with Gasteiger partial charge in [0.05, 0.1) is 0 Å². The zero-order chi connectivity index (χ0) is 56.4. The number of hydrogen-bond acceptors (Lipinski definition) is 6. The van der Waals surface area contributed by atoms with E-state index in [4.69, 9.17) is 14.2 Å². The Labute approximate surface area is 482 Å². The van der Waals surface area contributed by atoms with Crippen LogP contribution in [0.3, 0.4) is 0 Å². The molecule has 6 heteroatoms. The second kappa shape index (κ2) is 65.3. The van der Waals surface area contributed by atoms with Crippen molar-refractivity contribution in [2.45, 2.75) is 303 Å². The molecule has 0 aromatic rings. The summed E-state index contributed by atoms with van der Waals surface area (Å²) in [4.78, 5) is 38.3. The maximum absolute atomic E-state index is 12.9. The standard InChI is InChI=1S/C72H120O6/c1-4-7-10-13-16-19-22-25-28-31-32-33-34-35-36-37-38-39-40-42-44-47-50-53-56-59-62-65-71(74)77-68-69(67-76-70(73)64-61-58-55-52-49-46-43-30-27-24-21-18-15-12-9-6-3)78-72(75)66-63-60-57-54-51-48-45-41-29-26-23-20-17-14-11-8-5-2/h7,10,16-17,19-20,25-26,28-30,32-33,35-36,38-39,42-44,69H,4-6,8-9,11-15,18,21-24,27,31,34,37,40-41,45-68H2,1-3H3/b10-7-,19-16-,20-17-,28-25-,29-26-,33-32-,36-35-,39-38-,43-30-,44-42-. The molecule has 0 aromatic carbocycles. The number of allylic oxidation sites excluding steroid dienone is 20. The number of ether oxygens (including phenoxy) is 3. The molecule has 0 N–H and O–H groups in total. The van der Waals surface area contributed by atoms with Gasteiger partial charge in [0.1, 0.15) is 13.2 Å². The lowest BCUT2D eigenvalue weighted by Gasteiger charge is -2.18. The summed E-state index contributed by atoms with van der Waals surface area (Å²) in [6, 6.07) is 0. The van der Waals surface area contributed by atoms with Crippen molar-refractivity contribution in [3.8, 4) is 0 Å². The molecule has 0 bridgehead atoms. The van der Waals surface area contributed by atoms with Crippen LogP contribution in [0.4, 0.5) is 0 Å². The number of rotatable bonds is 58. The van der Waals surface area contributed by atoms with Crippen molar-refractivity contribution in [2.24, 2.45) is 0 Å². The summed E-state index contributed by atoms with van der Waals surface area (Å²) in [5, 5.41) is 0. The first-order valence-electron chi connectivity index (χ1n) is 32.5. The Bertz CT molecular complexity index is 1620. The molecule has 1 unspecified atom stereocenters. The Balaban J connectivity index is 4.42. The van der Waals surface area contributed by atoms with Crippen molar-refractivity contribution in [2.75, 3.05) is 13.2 Å². The number of esters is 3. The molecule has 0 rings (SSSR count). The molecule has 78 heavy (non-hydrogen) atoms. The molecule has 6 nitrogen and oxygen atoms in total. The van der Waals surface area contributed by atoms with Gasteiger partial charge in [0.25, 0.3) is 0 Å². The third-order valence-corrected chi connectivity index (χ3v) is 13.7. The molecule has 0 aliphatic heterocycles. The number of hydrogen-bond donors (Lipinski definition) is 0. The van der Waals surface area contributed by atoms with Gasteiger partial charge in [-0.05, 0) is 135 Å². The van der Waals surface area contributed by atoms with E-state index in [2.05, 4.69) is 142 Å². The van der Waals surface area contributed by atoms with Crippen LogP contribution in [0.5, 0.6) is 0 Å². The summed E-state index contributed by atoms with van der Waals surface area (Å²) in [7, 11) is 0. The van der Waals surface area contributed by atoms with Crippen LogP contribution in [0.1, 0.15) is 297 Å². The Hall–Kier alpha value is -4.19. The molecule has 1 atom stereocenters. The third kappa shape index (κ3) is 62.7. The molecule has 0 aliphatic rings. The van der Waals surface area contributed by atoms with E-state index in [1.807, 2.05) is 0 Å². The van der Waals surface area contributed by atoms with Crippen LogP contribution in [0.2, 0.25) is 0 Å². The van der Waals surface area contributed by atoms with Crippen LogP contribution in [0.15, 0.2) is 122 Å². The highest BCUT2D eigenvalue weighted by molar-refractivity contribution is 5.71. The van der Waals surface area contributed by atoms with Gasteiger partial charge in [0.15, 0.2) is 6.10 Å². The minimum absolute atomic E-state index is 0.0934. The lowest BCUT2D eigenvalue weighted by atomic mass is 10.1. The van der Waals surface area contributed by atoms with Gasteiger partial charge in [-0.2, -0.15) is 0 Å². The van der Waals surface area contributed by atoms with E-state index < -0.39 is 6.10 Å².